The number of benzene rings is 3. The third-order valence-electron chi connectivity index (χ3n) is 5.25. The molecule has 30 heavy (non-hydrogen) atoms. The van der Waals surface area contributed by atoms with Crippen LogP contribution in [-0.2, 0) is 26.1 Å². The molecule has 0 saturated carbocycles. The first kappa shape index (κ1) is 21.7. The van der Waals surface area contributed by atoms with Gasteiger partial charge in [-0.25, -0.2) is 0 Å². The standard InChI is InChI=1S/C25H28O5/c1-28-23-9-8-19(25(14-23)30-3)11-21-12-20(22(16-27)13-24(21)29-2)10-17-4-6-18(15-26)7-5-17/h4-9,12-14,26-27H,10-11,15-16H2,1-3H3. The summed E-state index contributed by atoms with van der Waals surface area (Å²) in [5.41, 5.74) is 5.90. The van der Waals surface area contributed by atoms with Gasteiger partial charge in [-0.15, -0.1) is 0 Å². The lowest BCUT2D eigenvalue weighted by atomic mass is 9.94. The molecule has 0 bridgehead atoms. The van der Waals surface area contributed by atoms with Crippen molar-refractivity contribution in [2.45, 2.75) is 26.1 Å². The van der Waals surface area contributed by atoms with E-state index in [2.05, 4.69) is 6.07 Å². The average Bonchev–Trinajstić information content (AvgIpc) is 2.80. The second-order valence-corrected chi connectivity index (χ2v) is 7.10. The maximum absolute atomic E-state index is 9.90. The smallest absolute Gasteiger partial charge is 0.126 e. The average molecular weight is 408 g/mol. The van der Waals surface area contributed by atoms with Crippen molar-refractivity contribution < 1.29 is 24.4 Å². The molecule has 0 fully saturated rings. The van der Waals surface area contributed by atoms with Crippen LogP contribution < -0.4 is 14.2 Å². The molecule has 0 saturated heterocycles. The van der Waals surface area contributed by atoms with Gasteiger partial charge in [-0.2, -0.15) is 0 Å². The summed E-state index contributed by atoms with van der Waals surface area (Å²) in [5.74, 6) is 2.23. The highest BCUT2D eigenvalue weighted by Gasteiger charge is 2.14. The van der Waals surface area contributed by atoms with Gasteiger partial charge in [0.25, 0.3) is 0 Å². The Morgan fingerprint density at radius 1 is 0.567 bits per heavy atom. The third-order valence-corrected chi connectivity index (χ3v) is 5.25. The second kappa shape index (κ2) is 10.1. The zero-order valence-corrected chi connectivity index (χ0v) is 17.6. The summed E-state index contributed by atoms with van der Waals surface area (Å²) in [6.07, 6.45) is 1.30. The number of methoxy groups -OCH3 is 3. The van der Waals surface area contributed by atoms with Crippen LogP contribution in [0, 0.1) is 0 Å². The molecule has 3 aromatic carbocycles. The van der Waals surface area contributed by atoms with Crippen LogP contribution in [0.15, 0.2) is 54.6 Å². The number of aliphatic hydroxyl groups excluding tert-OH is 2. The number of rotatable bonds is 9. The fourth-order valence-electron chi connectivity index (χ4n) is 3.54. The summed E-state index contributed by atoms with van der Waals surface area (Å²) in [6, 6.07) is 17.6. The van der Waals surface area contributed by atoms with Crippen molar-refractivity contribution in [3.8, 4) is 17.2 Å². The van der Waals surface area contributed by atoms with Gasteiger partial charge in [-0.3, -0.25) is 0 Å². The van der Waals surface area contributed by atoms with Gasteiger partial charge in [0, 0.05) is 12.5 Å². The van der Waals surface area contributed by atoms with Gasteiger partial charge in [0.1, 0.15) is 17.2 Å². The van der Waals surface area contributed by atoms with Crippen molar-refractivity contribution in [3.05, 3.63) is 88.0 Å². The van der Waals surface area contributed by atoms with E-state index in [1.807, 2.05) is 48.5 Å². The molecule has 0 heterocycles. The fourth-order valence-corrected chi connectivity index (χ4v) is 3.54. The van der Waals surface area contributed by atoms with Crippen LogP contribution in [0.25, 0.3) is 0 Å². The molecule has 0 aliphatic carbocycles. The van der Waals surface area contributed by atoms with Crippen molar-refractivity contribution in [1.29, 1.82) is 0 Å². The Labute approximate surface area is 177 Å². The molecule has 158 valence electrons. The number of hydrogen-bond donors (Lipinski definition) is 2. The Bertz CT molecular complexity index is 980. The monoisotopic (exact) mass is 408 g/mol. The van der Waals surface area contributed by atoms with E-state index in [1.165, 1.54) is 0 Å². The van der Waals surface area contributed by atoms with Crippen LogP contribution in [-0.4, -0.2) is 31.5 Å². The van der Waals surface area contributed by atoms with E-state index in [1.54, 1.807) is 21.3 Å². The second-order valence-electron chi connectivity index (χ2n) is 7.10. The lowest BCUT2D eigenvalue weighted by molar-refractivity contribution is 0.280. The molecule has 0 aliphatic heterocycles. The molecule has 0 radical (unpaired) electrons. The zero-order valence-electron chi connectivity index (χ0n) is 17.6. The highest BCUT2D eigenvalue weighted by Crippen LogP contribution is 2.32. The zero-order chi connectivity index (χ0) is 21.5. The lowest BCUT2D eigenvalue weighted by Crippen LogP contribution is -2.03. The molecule has 0 spiro atoms. The summed E-state index contributed by atoms with van der Waals surface area (Å²) in [7, 11) is 4.91. The molecular weight excluding hydrogens is 380 g/mol. The molecule has 0 unspecified atom stereocenters. The number of hydrogen-bond acceptors (Lipinski definition) is 5. The minimum atomic E-state index is -0.0629. The highest BCUT2D eigenvalue weighted by molar-refractivity contribution is 5.49. The van der Waals surface area contributed by atoms with Crippen LogP contribution in [0.5, 0.6) is 17.2 Å². The molecule has 3 aromatic rings. The van der Waals surface area contributed by atoms with Gasteiger partial charge in [0.15, 0.2) is 0 Å². The van der Waals surface area contributed by atoms with E-state index in [0.717, 1.165) is 50.6 Å². The molecule has 5 heteroatoms. The van der Waals surface area contributed by atoms with Crippen molar-refractivity contribution in [1.82, 2.24) is 0 Å². The summed E-state index contributed by atoms with van der Waals surface area (Å²) in [4.78, 5) is 0. The highest BCUT2D eigenvalue weighted by atomic mass is 16.5. The first-order valence-electron chi connectivity index (χ1n) is 9.80. The van der Waals surface area contributed by atoms with E-state index in [9.17, 15) is 10.2 Å². The maximum Gasteiger partial charge on any atom is 0.126 e. The van der Waals surface area contributed by atoms with Crippen LogP contribution >= 0.6 is 0 Å². The predicted octanol–water partition coefficient (Wildman–Crippen LogP) is 3.88. The minimum absolute atomic E-state index is 0.0263. The number of aliphatic hydroxyl groups is 2. The Morgan fingerprint density at radius 2 is 1.23 bits per heavy atom. The fraction of sp³-hybridized carbons (Fsp3) is 0.280. The Balaban J connectivity index is 1.96. The maximum atomic E-state index is 9.90. The third kappa shape index (κ3) is 4.93. The van der Waals surface area contributed by atoms with Crippen molar-refractivity contribution >= 4 is 0 Å². The van der Waals surface area contributed by atoms with Gasteiger partial charge in [-0.05, 0) is 51.9 Å². The van der Waals surface area contributed by atoms with Crippen LogP contribution in [0.1, 0.15) is 33.4 Å². The van der Waals surface area contributed by atoms with E-state index in [4.69, 9.17) is 14.2 Å². The molecule has 0 amide bonds. The molecule has 0 aliphatic rings. The van der Waals surface area contributed by atoms with Crippen LogP contribution in [0.3, 0.4) is 0 Å². The summed E-state index contributed by atoms with van der Waals surface area (Å²) < 4.78 is 16.4. The molecular formula is C25H28O5. The van der Waals surface area contributed by atoms with Gasteiger partial charge >= 0.3 is 0 Å². The van der Waals surface area contributed by atoms with Gasteiger partial charge in [0.2, 0.25) is 0 Å². The van der Waals surface area contributed by atoms with Crippen LogP contribution in [0.4, 0.5) is 0 Å². The van der Waals surface area contributed by atoms with Crippen molar-refractivity contribution in [2.75, 3.05) is 21.3 Å². The SMILES string of the molecule is COc1ccc(Cc2cc(Cc3ccc(CO)cc3)c(CO)cc2OC)c(OC)c1. The number of ether oxygens (including phenoxy) is 3. The Kier molecular flexibility index (Phi) is 7.33. The molecule has 0 atom stereocenters. The van der Waals surface area contributed by atoms with E-state index in [-0.39, 0.29) is 13.2 Å². The largest absolute Gasteiger partial charge is 0.497 e. The summed E-state index contributed by atoms with van der Waals surface area (Å²) in [6.45, 7) is -0.0366. The predicted molar refractivity (Wildman–Crippen MR) is 116 cm³/mol. The van der Waals surface area contributed by atoms with E-state index < -0.39 is 0 Å². The lowest BCUT2D eigenvalue weighted by Gasteiger charge is -2.17. The molecule has 3 rings (SSSR count). The molecule has 0 aromatic heterocycles. The van der Waals surface area contributed by atoms with Gasteiger partial charge in [-0.1, -0.05) is 36.4 Å². The first-order chi connectivity index (χ1) is 14.6. The minimum Gasteiger partial charge on any atom is -0.497 e. The van der Waals surface area contributed by atoms with Crippen molar-refractivity contribution in [3.63, 3.8) is 0 Å². The quantitative estimate of drug-likeness (QED) is 0.562. The van der Waals surface area contributed by atoms with Crippen LogP contribution in [0.2, 0.25) is 0 Å². The van der Waals surface area contributed by atoms with E-state index in [0.29, 0.717) is 12.8 Å². The molecule has 2 N–H and O–H groups in total. The van der Waals surface area contributed by atoms with Gasteiger partial charge in [0.05, 0.1) is 34.5 Å². The van der Waals surface area contributed by atoms with E-state index >= 15 is 0 Å². The van der Waals surface area contributed by atoms with Gasteiger partial charge < -0.3 is 24.4 Å². The van der Waals surface area contributed by atoms with Crippen molar-refractivity contribution in [2.24, 2.45) is 0 Å². The molecule has 5 nitrogen and oxygen atoms in total. The Morgan fingerprint density at radius 3 is 1.83 bits per heavy atom. The normalized spacial score (nSPS) is 10.7. The topological polar surface area (TPSA) is 68.2 Å². The summed E-state index contributed by atoms with van der Waals surface area (Å²) >= 11 is 0. The summed E-state index contributed by atoms with van der Waals surface area (Å²) in [5, 5.41) is 19.1. The first-order valence-corrected chi connectivity index (χ1v) is 9.80. The Hall–Kier alpha value is -3.02.